The van der Waals surface area contributed by atoms with E-state index in [1.807, 2.05) is 0 Å². The number of hydrogen-bond acceptors (Lipinski definition) is 5. The van der Waals surface area contributed by atoms with E-state index >= 15 is 0 Å². The van der Waals surface area contributed by atoms with Crippen molar-refractivity contribution in [2.24, 2.45) is 0 Å². The Morgan fingerprint density at radius 3 is 2.59 bits per heavy atom. The Bertz CT molecular complexity index is 1200. The Morgan fingerprint density at radius 2 is 1.97 bits per heavy atom. The molecule has 1 atom stereocenters. The lowest BCUT2D eigenvalue weighted by Gasteiger charge is -2.38. The fraction of sp³-hybridized carbons (Fsp3) is 0.261. The van der Waals surface area contributed by atoms with E-state index in [4.69, 9.17) is 9.47 Å². The third-order valence-corrected chi connectivity index (χ3v) is 5.79. The number of hydrogen-bond donors (Lipinski definition) is 2. The molecule has 2 N–H and O–H groups in total. The van der Waals surface area contributed by atoms with Gasteiger partial charge in [-0.1, -0.05) is 0 Å². The SMILES string of the molecule is COC(=O)C1=CC(C2=CC(=C3C(=O)Nc4cc(F)ccc43)OC2)=C[N+]1(C(=O)O)C(C)(C)C. The summed E-state index contributed by atoms with van der Waals surface area (Å²) in [6.07, 6.45) is 3.37. The summed E-state index contributed by atoms with van der Waals surface area (Å²) in [7, 11) is 1.19. The topological polar surface area (TPSA) is 102 Å². The van der Waals surface area contributed by atoms with Crippen molar-refractivity contribution >= 4 is 29.2 Å². The fourth-order valence-electron chi connectivity index (χ4n) is 4.15. The van der Waals surface area contributed by atoms with Crippen LogP contribution in [0.3, 0.4) is 0 Å². The van der Waals surface area contributed by atoms with Crippen LogP contribution in [0.2, 0.25) is 0 Å². The highest BCUT2D eigenvalue weighted by molar-refractivity contribution is 6.32. The van der Waals surface area contributed by atoms with Crippen LogP contribution in [0.1, 0.15) is 26.3 Å². The number of rotatable bonds is 2. The van der Waals surface area contributed by atoms with E-state index in [2.05, 4.69) is 5.32 Å². The number of carbonyl (C=O) groups excluding carboxylic acids is 2. The minimum atomic E-state index is -1.23. The van der Waals surface area contributed by atoms with Crippen LogP contribution in [0.4, 0.5) is 14.9 Å². The maximum absolute atomic E-state index is 13.5. The summed E-state index contributed by atoms with van der Waals surface area (Å²) in [6.45, 7) is 5.21. The van der Waals surface area contributed by atoms with E-state index in [1.165, 1.54) is 37.6 Å². The molecule has 1 aromatic carbocycles. The zero-order valence-corrected chi connectivity index (χ0v) is 18.0. The average molecular weight is 441 g/mol. The second-order valence-corrected chi connectivity index (χ2v) is 8.62. The maximum atomic E-state index is 13.5. The van der Waals surface area contributed by atoms with Crippen LogP contribution in [0.5, 0.6) is 0 Å². The van der Waals surface area contributed by atoms with Gasteiger partial charge in [0.25, 0.3) is 5.91 Å². The highest BCUT2D eigenvalue weighted by Crippen LogP contribution is 2.43. The van der Waals surface area contributed by atoms with Gasteiger partial charge in [-0.2, -0.15) is 9.28 Å². The molecule has 0 saturated carbocycles. The third-order valence-electron chi connectivity index (χ3n) is 5.79. The number of amides is 2. The summed E-state index contributed by atoms with van der Waals surface area (Å²) >= 11 is 0. The number of carbonyl (C=O) groups is 3. The number of nitrogens with zero attached hydrogens (tertiary/aromatic N) is 1. The van der Waals surface area contributed by atoms with Crippen molar-refractivity contribution in [1.29, 1.82) is 0 Å². The number of nitrogens with one attached hydrogen (secondary N) is 1. The number of ether oxygens (including phenoxy) is 2. The number of benzene rings is 1. The molecule has 8 nitrogen and oxygen atoms in total. The molecule has 2 amide bonds. The lowest BCUT2D eigenvalue weighted by atomic mass is 10.0. The Hall–Kier alpha value is -3.72. The van der Waals surface area contributed by atoms with Crippen LogP contribution in [-0.2, 0) is 19.1 Å². The zero-order valence-electron chi connectivity index (χ0n) is 18.0. The molecule has 0 fully saturated rings. The largest absolute Gasteiger partial charge is 0.524 e. The molecular formula is C23H22FN2O6+. The normalized spacial score (nSPS) is 24.3. The lowest BCUT2D eigenvalue weighted by molar-refractivity contribution is -0.812. The van der Waals surface area contributed by atoms with Crippen LogP contribution in [0.25, 0.3) is 5.57 Å². The Morgan fingerprint density at radius 1 is 1.25 bits per heavy atom. The number of fused-ring (bicyclic) bond motifs is 1. The van der Waals surface area contributed by atoms with Crippen molar-refractivity contribution in [3.63, 3.8) is 0 Å². The fourth-order valence-corrected chi connectivity index (χ4v) is 4.15. The molecule has 0 spiro atoms. The van der Waals surface area contributed by atoms with Crippen molar-refractivity contribution in [1.82, 2.24) is 0 Å². The van der Waals surface area contributed by atoms with Gasteiger partial charge in [-0.25, -0.2) is 9.18 Å². The molecule has 32 heavy (non-hydrogen) atoms. The van der Waals surface area contributed by atoms with Crippen LogP contribution in [-0.4, -0.2) is 46.8 Å². The molecule has 9 heteroatoms. The van der Waals surface area contributed by atoms with Gasteiger partial charge in [0.1, 0.15) is 29.9 Å². The molecule has 4 rings (SSSR count). The zero-order chi connectivity index (χ0) is 23.4. The molecule has 0 aromatic heterocycles. The van der Waals surface area contributed by atoms with Gasteiger partial charge in [-0.15, -0.1) is 0 Å². The minimum absolute atomic E-state index is 0.0380. The van der Waals surface area contributed by atoms with Crippen LogP contribution >= 0.6 is 0 Å². The standard InChI is InChI=1S/C23H21FN2O6/c1-23(2,3)26(22(29)30)10-12(7-17(26)21(28)31-4)13-8-18(32-11-13)19-15-6-5-14(24)9-16(15)25-20(19)27/h5-10H,11H2,1-4H3,(H-,25,27,29,30)/p+1. The molecule has 1 aromatic rings. The summed E-state index contributed by atoms with van der Waals surface area (Å²) in [5.41, 5.74) is 1.28. The molecule has 0 aliphatic carbocycles. The molecular weight excluding hydrogens is 419 g/mol. The van der Waals surface area contributed by atoms with E-state index in [0.29, 0.717) is 22.4 Å². The summed E-state index contributed by atoms with van der Waals surface area (Å²) in [6, 6.07) is 3.98. The van der Waals surface area contributed by atoms with Gasteiger partial charge in [0, 0.05) is 22.8 Å². The first-order valence-corrected chi connectivity index (χ1v) is 9.84. The molecule has 3 heterocycles. The summed E-state index contributed by atoms with van der Waals surface area (Å²) < 4.78 is 23.4. The van der Waals surface area contributed by atoms with Crippen molar-refractivity contribution < 1.29 is 37.8 Å². The van der Waals surface area contributed by atoms with Gasteiger partial charge in [0.2, 0.25) is 5.70 Å². The number of quaternary nitrogens is 1. The highest BCUT2D eigenvalue weighted by atomic mass is 19.1. The van der Waals surface area contributed by atoms with E-state index in [0.717, 1.165) is 0 Å². The first-order valence-electron chi connectivity index (χ1n) is 9.84. The molecule has 3 aliphatic heterocycles. The quantitative estimate of drug-likeness (QED) is 0.412. The minimum Gasteiger partial charge on any atom is -0.488 e. The van der Waals surface area contributed by atoms with Gasteiger partial charge in [0.15, 0.2) is 0 Å². The van der Waals surface area contributed by atoms with Crippen molar-refractivity contribution in [2.75, 3.05) is 19.0 Å². The predicted molar refractivity (Wildman–Crippen MR) is 112 cm³/mol. The number of anilines is 1. The maximum Gasteiger partial charge on any atom is 0.524 e. The Balaban J connectivity index is 1.83. The number of methoxy groups -OCH3 is 1. The summed E-state index contributed by atoms with van der Waals surface area (Å²) in [5.74, 6) is -1.36. The van der Waals surface area contributed by atoms with E-state index in [-0.39, 0.29) is 23.6 Å². The van der Waals surface area contributed by atoms with E-state index < -0.39 is 33.8 Å². The molecule has 166 valence electrons. The number of esters is 1. The van der Waals surface area contributed by atoms with Crippen molar-refractivity contribution in [2.45, 2.75) is 26.3 Å². The highest BCUT2D eigenvalue weighted by Gasteiger charge is 2.56. The van der Waals surface area contributed by atoms with Gasteiger partial charge in [-0.05, 0) is 45.0 Å². The monoisotopic (exact) mass is 441 g/mol. The van der Waals surface area contributed by atoms with Crippen molar-refractivity contribution in [3.05, 3.63) is 70.5 Å². The second-order valence-electron chi connectivity index (χ2n) is 8.62. The second kappa shape index (κ2) is 7.16. The average Bonchev–Trinajstić information content (AvgIpc) is 3.40. The molecule has 0 saturated heterocycles. The van der Waals surface area contributed by atoms with Crippen LogP contribution in [0, 0.1) is 5.82 Å². The third kappa shape index (κ3) is 3.04. The lowest BCUT2D eigenvalue weighted by Crippen LogP contribution is -2.59. The van der Waals surface area contributed by atoms with Crippen molar-refractivity contribution in [3.8, 4) is 0 Å². The molecule has 0 bridgehead atoms. The van der Waals surface area contributed by atoms with Crippen LogP contribution < -0.4 is 5.32 Å². The smallest absolute Gasteiger partial charge is 0.488 e. The van der Waals surface area contributed by atoms with Gasteiger partial charge in [0.05, 0.1) is 18.4 Å². The number of halogens is 1. The Kier molecular flexibility index (Phi) is 4.82. The van der Waals surface area contributed by atoms with Gasteiger partial charge in [-0.3, -0.25) is 4.79 Å². The predicted octanol–water partition coefficient (Wildman–Crippen LogP) is 3.69. The van der Waals surface area contributed by atoms with Crippen LogP contribution in [0.15, 0.2) is 59.2 Å². The van der Waals surface area contributed by atoms with E-state index in [9.17, 15) is 23.9 Å². The molecule has 1 unspecified atom stereocenters. The van der Waals surface area contributed by atoms with E-state index in [1.54, 1.807) is 26.8 Å². The first kappa shape index (κ1) is 21.5. The Labute approximate surface area is 183 Å². The molecule has 0 radical (unpaired) electrons. The summed E-state index contributed by atoms with van der Waals surface area (Å²) in [5, 5.41) is 12.7. The molecule has 3 aliphatic rings. The number of allylic oxidation sites excluding steroid dienone is 2. The number of carboxylic acid groups (broad SMARTS) is 1. The summed E-state index contributed by atoms with van der Waals surface area (Å²) in [4.78, 5) is 37.3. The van der Waals surface area contributed by atoms with Gasteiger partial charge >= 0.3 is 12.1 Å². The first-order chi connectivity index (χ1) is 15.0. The van der Waals surface area contributed by atoms with Gasteiger partial charge < -0.3 is 19.9 Å².